The maximum atomic E-state index is 14.9. The van der Waals surface area contributed by atoms with Gasteiger partial charge in [-0.25, -0.2) is 0 Å². The third-order valence-corrected chi connectivity index (χ3v) is 12.9. The second kappa shape index (κ2) is 16.9. The van der Waals surface area contributed by atoms with Crippen molar-refractivity contribution in [3.8, 4) is 0 Å². The Morgan fingerprint density at radius 1 is 0.383 bits per heavy atom. The van der Waals surface area contributed by atoms with Crippen LogP contribution in [-0.2, 0) is 38.5 Å². The minimum absolute atomic E-state index is 0.264. The number of carbonyl (C=O) groups is 4. The highest BCUT2D eigenvalue weighted by Gasteiger charge is 2.54. The summed E-state index contributed by atoms with van der Waals surface area (Å²) in [6.07, 6.45) is -1.78. The first-order valence-corrected chi connectivity index (χ1v) is 21.7. The molecule has 4 aliphatic heterocycles. The minimum atomic E-state index is -1.65. The van der Waals surface area contributed by atoms with Gasteiger partial charge in [-0.05, 0) is 162 Å². The van der Waals surface area contributed by atoms with Crippen LogP contribution < -0.4 is 0 Å². The molecular weight excluding hydrogens is 776 g/mol. The van der Waals surface area contributed by atoms with Crippen LogP contribution in [0.3, 0.4) is 0 Å². The summed E-state index contributed by atoms with van der Waals surface area (Å²) in [5.41, 5.74) is -6.75. The molecule has 16 heteroatoms. The van der Waals surface area contributed by atoms with Crippen LogP contribution in [0.1, 0.15) is 175 Å². The molecule has 4 fully saturated rings. The molecule has 60 heavy (non-hydrogen) atoms. The van der Waals surface area contributed by atoms with Crippen molar-refractivity contribution in [3.63, 3.8) is 0 Å². The van der Waals surface area contributed by atoms with Crippen LogP contribution >= 0.6 is 0 Å². The molecule has 0 bridgehead atoms. The fraction of sp³-hybridized carbons (Fsp3) is 0.909. The van der Waals surface area contributed by atoms with Crippen molar-refractivity contribution in [1.29, 1.82) is 0 Å². The third kappa shape index (κ3) is 11.2. The standard InChI is InChI=1S/C44H78N4O12/c1-37(2)19-27(49)20-38(3,4)45(37)57-33(53)17-31(35(55)59-47-41(9,10)23-29(51)24-42(47,11)12)32(36(56)60-48-43(13,14)25-30(52)26-44(48,15)16)18-34(54)58-46-39(5,6)21-28(50)22-40(46,7)8/h27-32,49-52H,17-26H2,1-16H3. The Bertz CT molecular complexity index is 1420. The lowest BCUT2D eigenvalue weighted by Crippen LogP contribution is -2.63. The number of hydroxylamine groups is 8. The summed E-state index contributed by atoms with van der Waals surface area (Å²) in [6.45, 7) is 29.2. The van der Waals surface area contributed by atoms with Gasteiger partial charge in [-0.2, -0.15) is 0 Å². The van der Waals surface area contributed by atoms with Crippen LogP contribution in [0.5, 0.6) is 0 Å². The first-order chi connectivity index (χ1) is 26.9. The molecule has 2 atom stereocenters. The van der Waals surface area contributed by atoms with Gasteiger partial charge in [0.15, 0.2) is 0 Å². The second-order valence-corrected chi connectivity index (χ2v) is 23.3. The number of carbonyl (C=O) groups excluding carboxylic acids is 4. The van der Waals surface area contributed by atoms with Gasteiger partial charge in [0.05, 0.1) is 93.4 Å². The van der Waals surface area contributed by atoms with Gasteiger partial charge in [0.2, 0.25) is 0 Å². The lowest BCUT2D eigenvalue weighted by Gasteiger charge is -2.53. The van der Waals surface area contributed by atoms with E-state index < -0.39 is 117 Å². The molecule has 0 aromatic heterocycles. The zero-order chi connectivity index (χ0) is 46.0. The molecule has 0 aromatic rings. The summed E-state index contributed by atoms with van der Waals surface area (Å²) in [6, 6.07) is 0. The third-order valence-electron chi connectivity index (χ3n) is 12.9. The van der Waals surface area contributed by atoms with Crippen LogP contribution in [0.2, 0.25) is 0 Å². The Morgan fingerprint density at radius 2 is 0.550 bits per heavy atom. The molecule has 2 unspecified atom stereocenters. The summed E-state index contributed by atoms with van der Waals surface area (Å²) in [5.74, 6) is -7.02. The second-order valence-electron chi connectivity index (χ2n) is 23.3. The molecule has 4 heterocycles. The average Bonchev–Trinajstić information content (AvgIpc) is 2.99. The zero-order valence-electron chi connectivity index (χ0n) is 39.4. The van der Waals surface area contributed by atoms with Gasteiger partial charge in [-0.15, -0.1) is 20.3 Å². The maximum Gasteiger partial charge on any atom is 0.329 e. The van der Waals surface area contributed by atoms with E-state index in [0.29, 0.717) is 25.7 Å². The Kier molecular flexibility index (Phi) is 14.2. The van der Waals surface area contributed by atoms with Crippen LogP contribution in [0.4, 0.5) is 0 Å². The largest absolute Gasteiger partial charge is 0.393 e. The predicted molar refractivity (Wildman–Crippen MR) is 222 cm³/mol. The number of aliphatic hydroxyl groups excluding tert-OH is 4. The molecule has 0 radical (unpaired) electrons. The van der Waals surface area contributed by atoms with Gasteiger partial charge >= 0.3 is 23.9 Å². The molecular formula is C44H78N4O12. The molecule has 0 aliphatic carbocycles. The van der Waals surface area contributed by atoms with E-state index in [4.69, 9.17) is 19.4 Å². The number of aliphatic hydroxyl groups is 4. The molecule has 0 aromatic carbocycles. The zero-order valence-corrected chi connectivity index (χ0v) is 39.4. The summed E-state index contributed by atoms with van der Waals surface area (Å²) in [5, 5.41) is 48.9. The number of rotatable bonds is 11. The first kappa shape index (κ1) is 50.2. The first-order valence-electron chi connectivity index (χ1n) is 21.7. The van der Waals surface area contributed by atoms with E-state index in [2.05, 4.69) is 0 Å². The Balaban J connectivity index is 1.81. The molecule has 16 nitrogen and oxygen atoms in total. The normalized spacial score (nSPS) is 28.3. The van der Waals surface area contributed by atoms with E-state index >= 15 is 0 Å². The van der Waals surface area contributed by atoms with Crippen LogP contribution in [-0.4, -0.2) is 133 Å². The average molecular weight is 855 g/mol. The van der Waals surface area contributed by atoms with Crippen molar-refractivity contribution >= 4 is 23.9 Å². The van der Waals surface area contributed by atoms with Crippen molar-refractivity contribution in [2.75, 3.05) is 0 Å². The highest BCUT2D eigenvalue weighted by molar-refractivity contribution is 5.88. The smallest absolute Gasteiger partial charge is 0.329 e. The number of piperidine rings is 4. The predicted octanol–water partition coefficient (Wildman–Crippen LogP) is 4.89. The Hall–Kier alpha value is -2.44. The van der Waals surface area contributed by atoms with E-state index in [-0.39, 0.29) is 25.7 Å². The number of hydrogen-bond donors (Lipinski definition) is 4. The highest BCUT2D eigenvalue weighted by atomic mass is 16.7. The quantitative estimate of drug-likeness (QED) is 0.219. The molecule has 0 spiro atoms. The van der Waals surface area contributed by atoms with E-state index in [1.807, 2.05) is 111 Å². The summed E-state index contributed by atoms with van der Waals surface area (Å²) in [7, 11) is 0. The van der Waals surface area contributed by atoms with Crippen molar-refractivity contribution < 1.29 is 59.0 Å². The van der Waals surface area contributed by atoms with Gasteiger partial charge in [0.1, 0.15) is 0 Å². The number of hydrogen-bond acceptors (Lipinski definition) is 16. The lowest BCUT2D eigenvalue weighted by atomic mass is 9.80. The van der Waals surface area contributed by atoms with Gasteiger partial charge in [0.25, 0.3) is 0 Å². The monoisotopic (exact) mass is 855 g/mol. The van der Waals surface area contributed by atoms with E-state index in [1.54, 1.807) is 0 Å². The highest BCUT2D eigenvalue weighted by Crippen LogP contribution is 2.44. The topological polar surface area (TPSA) is 199 Å². The van der Waals surface area contributed by atoms with E-state index in [9.17, 15) is 39.6 Å². The molecule has 4 aliphatic rings. The van der Waals surface area contributed by atoms with Crippen LogP contribution in [0.25, 0.3) is 0 Å². The van der Waals surface area contributed by atoms with Crippen molar-refractivity contribution in [3.05, 3.63) is 0 Å². The van der Waals surface area contributed by atoms with Gasteiger partial charge < -0.3 is 39.8 Å². The molecule has 4 N–H and O–H groups in total. The Morgan fingerprint density at radius 3 is 0.733 bits per heavy atom. The minimum Gasteiger partial charge on any atom is -0.393 e. The lowest BCUT2D eigenvalue weighted by molar-refractivity contribution is -0.290. The molecule has 346 valence electrons. The fourth-order valence-corrected chi connectivity index (χ4v) is 11.6. The SMILES string of the molecule is CC1(C)CC(O)CC(C)(C)N1OC(=O)CC(C(=O)ON1C(C)(C)CC(O)CC1(C)C)C(CC(=O)ON1C(C)(C)CC(O)CC1(C)C)C(=O)ON1C(C)(C)CC(O)CC1(C)C. The van der Waals surface area contributed by atoms with E-state index in [1.165, 1.54) is 20.3 Å². The van der Waals surface area contributed by atoms with E-state index in [0.717, 1.165) is 0 Å². The van der Waals surface area contributed by atoms with Crippen molar-refractivity contribution in [2.45, 2.75) is 244 Å². The number of nitrogens with zero attached hydrogens (tertiary/aromatic N) is 4. The van der Waals surface area contributed by atoms with Gasteiger partial charge in [-0.3, -0.25) is 19.2 Å². The molecule has 4 saturated heterocycles. The van der Waals surface area contributed by atoms with Crippen molar-refractivity contribution in [1.82, 2.24) is 20.3 Å². The molecule has 0 amide bonds. The Labute approximate surface area is 358 Å². The molecule has 0 saturated carbocycles. The molecule has 4 rings (SSSR count). The summed E-state index contributed by atoms with van der Waals surface area (Å²) >= 11 is 0. The van der Waals surface area contributed by atoms with Gasteiger partial charge in [0, 0.05) is 0 Å². The van der Waals surface area contributed by atoms with Crippen LogP contribution in [0, 0.1) is 11.8 Å². The fourth-order valence-electron chi connectivity index (χ4n) is 11.6. The van der Waals surface area contributed by atoms with Crippen molar-refractivity contribution in [2.24, 2.45) is 11.8 Å². The summed E-state index contributed by atoms with van der Waals surface area (Å²) in [4.78, 5) is 83.1. The maximum absolute atomic E-state index is 14.9. The van der Waals surface area contributed by atoms with Crippen LogP contribution in [0.15, 0.2) is 0 Å². The van der Waals surface area contributed by atoms with Gasteiger partial charge in [-0.1, -0.05) is 0 Å². The summed E-state index contributed by atoms with van der Waals surface area (Å²) < 4.78 is 0.